The van der Waals surface area contributed by atoms with Crippen molar-refractivity contribution in [3.8, 4) is 0 Å². The molecule has 7 nitrogen and oxygen atoms in total. The third-order valence-corrected chi connectivity index (χ3v) is 4.18. The average molecular weight is 319 g/mol. The second kappa shape index (κ2) is 5.06. The van der Waals surface area contributed by atoms with Gasteiger partial charge in [-0.1, -0.05) is 6.08 Å². The van der Waals surface area contributed by atoms with Crippen molar-refractivity contribution in [2.24, 2.45) is 0 Å². The highest BCUT2D eigenvalue weighted by Crippen LogP contribution is 2.25. The zero-order valence-electron chi connectivity index (χ0n) is 11.7. The molecule has 1 aliphatic rings. The lowest BCUT2D eigenvalue weighted by molar-refractivity contribution is 0.432. The number of hydrogen-bond donors (Lipinski definition) is 2. The molecule has 2 aromatic heterocycles. The van der Waals surface area contributed by atoms with Gasteiger partial charge in [-0.3, -0.25) is 4.79 Å². The second-order valence-corrected chi connectivity index (χ2v) is 6.93. The SMILES string of the molecule is CS(=O)(=O)c1ncc2cc(C3=CCCC=C3O)c(=O)[nH]c2n1. The normalized spacial score (nSPS) is 15.5. The third-order valence-electron chi connectivity index (χ3n) is 3.32. The number of aromatic nitrogens is 3. The molecular formula is C14H13N3O4S. The van der Waals surface area contributed by atoms with Gasteiger partial charge in [-0.05, 0) is 25.0 Å². The number of aliphatic hydroxyl groups excluding tert-OH is 1. The van der Waals surface area contributed by atoms with Crippen LogP contribution >= 0.6 is 0 Å². The highest BCUT2D eigenvalue weighted by Gasteiger charge is 2.16. The van der Waals surface area contributed by atoms with Crippen LogP contribution in [0.3, 0.4) is 0 Å². The van der Waals surface area contributed by atoms with E-state index in [1.807, 2.05) is 0 Å². The zero-order chi connectivity index (χ0) is 15.9. The van der Waals surface area contributed by atoms with Gasteiger partial charge in [0.25, 0.3) is 5.56 Å². The van der Waals surface area contributed by atoms with Crippen LogP contribution in [-0.2, 0) is 9.84 Å². The summed E-state index contributed by atoms with van der Waals surface area (Å²) in [5.41, 5.74) is 0.459. The fourth-order valence-corrected chi connectivity index (χ4v) is 2.77. The van der Waals surface area contributed by atoms with Crippen LogP contribution in [0.1, 0.15) is 18.4 Å². The summed E-state index contributed by atoms with van der Waals surface area (Å²) >= 11 is 0. The van der Waals surface area contributed by atoms with Gasteiger partial charge in [-0.2, -0.15) is 0 Å². The third kappa shape index (κ3) is 2.52. The van der Waals surface area contributed by atoms with Crippen LogP contribution in [0.5, 0.6) is 0 Å². The van der Waals surface area contributed by atoms with Gasteiger partial charge < -0.3 is 10.1 Å². The molecule has 0 spiro atoms. The monoisotopic (exact) mass is 319 g/mol. The zero-order valence-corrected chi connectivity index (χ0v) is 12.5. The Kier molecular flexibility index (Phi) is 3.32. The number of allylic oxidation sites excluding steroid dienone is 3. The maximum atomic E-state index is 12.2. The summed E-state index contributed by atoms with van der Waals surface area (Å²) in [7, 11) is -3.55. The Labute approximate surface area is 126 Å². The standard InChI is InChI=1S/C14H13N3O4S/c1-22(20,21)14-15-7-8-6-10(13(19)16-12(8)17-14)9-4-2-3-5-11(9)18/h4-7,18H,2-3H2,1H3,(H,15,16,17,19). The summed E-state index contributed by atoms with van der Waals surface area (Å²) < 4.78 is 22.9. The number of nitrogens with one attached hydrogen (secondary N) is 1. The van der Waals surface area contributed by atoms with Crippen molar-refractivity contribution in [2.75, 3.05) is 6.26 Å². The largest absolute Gasteiger partial charge is 0.508 e. The van der Waals surface area contributed by atoms with Gasteiger partial charge in [-0.25, -0.2) is 18.4 Å². The first-order chi connectivity index (χ1) is 10.4. The minimum atomic E-state index is -3.55. The average Bonchev–Trinajstić information content (AvgIpc) is 2.46. The number of pyridine rings is 1. The summed E-state index contributed by atoms with van der Waals surface area (Å²) in [4.78, 5) is 22.4. The molecule has 0 bridgehead atoms. The number of fused-ring (bicyclic) bond motifs is 1. The Hall–Kier alpha value is -2.48. The Morgan fingerprint density at radius 3 is 2.68 bits per heavy atom. The van der Waals surface area contributed by atoms with E-state index in [9.17, 15) is 18.3 Å². The molecule has 2 heterocycles. The molecule has 0 saturated carbocycles. The minimum absolute atomic E-state index is 0.0600. The predicted molar refractivity (Wildman–Crippen MR) is 81.2 cm³/mol. The van der Waals surface area contributed by atoms with Crippen molar-refractivity contribution in [3.05, 3.63) is 46.1 Å². The number of aromatic amines is 1. The van der Waals surface area contributed by atoms with Gasteiger partial charge in [0.15, 0.2) is 0 Å². The summed E-state index contributed by atoms with van der Waals surface area (Å²) in [6.07, 6.45) is 7.24. The van der Waals surface area contributed by atoms with E-state index in [-0.39, 0.29) is 16.6 Å². The molecule has 0 unspecified atom stereocenters. The first-order valence-corrected chi connectivity index (χ1v) is 8.45. The maximum absolute atomic E-state index is 12.2. The maximum Gasteiger partial charge on any atom is 0.257 e. The van der Waals surface area contributed by atoms with E-state index in [1.54, 1.807) is 18.2 Å². The number of rotatable bonds is 2. The summed E-state index contributed by atoms with van der Waals surface area (Å²) in [5, 5.41) is 10.0. The van der Waals surface area contributed by atoms with Gasteiger partial charge in [0.05, 0.1) is 5.56 Å². The van der Waals surface area contributed by atoms with Crippen molar-refractivity contribution < 1.29 is 13.5 Å². The Balaban J connectivity index is 2.20. The van der Waals surface area contributed by atoms with Crippen LogP contribution in [0.15, 0.2) is 40.1 Å². The van der Waals surface area contributed by atoms with Crippen LogP contribution in [0.25, 0.3) is 16.6 Å². The molecule has 0 aromatic carbocycles. The van der Waals surface area contributed by atoms with Crippen molar-refractivity contribution >= 4 is 26.4 Å². The van der Waals surface area contributed by atoms with Crippen LogP contribution in [0.4, 0.5) is 0 Å². The van der Waals surface area contributed by atoms with Crippen LogP contribution in [-0.4, -0.2) is 34.7 Å². The molecule has 22 heavy (non-hydrogen) atoms. The molecular weight excluding hydrogens is 306 g/mol. The van der Waals surface area contributed by atoms with Crippen LogP contribution < -0.4 is 5.56 Å². The molecule has 1 aliphatic carbocycles. The van der Waals surface area contributed by atoms with E-state index in [0.717, 1.165) is 19.1 Å². The van der Waals surface area contributed by atoms with Gasteiger partial charge >= 0.3 is 0 Å². The van der Waals surface area contributed by atoms with Gasteiger partial charge in [0.1, 0.15) is 11.4 Å². The van der Waals surface area contributed by atoms with Gasteiger partial charge in [-0.15, -0.1) is 0 Å². The lowest BCUT2D eigenvalue weighted by atomic mass is 9.98. The van der Waals surface area contributed by atoms with Crippen molar-refractivity contribution in [2.45, 2.75) is 18.0 Å². The Morgan fingerprint density at radius 1 is 1.27 bits per heavy atom. The van der Waals surface area contributed by atoms with Crippen molar-refractivity contribution in [3.63, 3.8) is 0 Å². The Bertz CT molecular complexity index is 987. The number of sulfone groups is 1. The fourth-order valence-electron chi connectivity index (χ4n) is 2.27. The van der Waals surface area contributed by atoms with E-state index >= 15 is 0 Å². The quantitative estimate of drug-likeness (QED) is 0.808. The van der Waals surface area contributed by atoms with E-state index in [1.165, 1.54) is 6.20 Å². The second-order valence-electron chi connectivity index (χ2n) is 5.03. The summed E-state index contributed by atoms with van der Waals surface area (Å²) in [6, 6.07) is 1.54. The summed E-state index contributed by atoms with van der Waals surface area (Å²) in [5.74, 6) is 0.0600. The van der Waals surface area contributed by atoms with Crippen LogP contribution in [0.2, 0.25) is 0 Å². The molecule has 0 fully saturated rings. The molecule has 0 radical (unpaired) electrons. The molecule has 2 aromatic rings. The smallest absolute Gasteiger partial charge is 0.257 e. The molecule has 0 saturated heterocycles. The molecule has 3 rings (SSSR count). The number of H-pyrrole nitrogens is 1. The fraction of sp³-hybridized carbons (Fsp3) is 0.214. The number of hydrogen-bond acceptors (Lipinski definition) is 6. The molecule has 114 valence electrons. The number of nitrogens with zero attached hydrogens (tertiary/aromatic N) is 2. The first-order valence-electron chi connectivity index (χ1n) is 6.56. The van der Waals surface area contributed by atoms with E-state index in [4.69, 9.17) is 0 Å². The molecule has 0 atom stereocenters. The van der Waals surface area contributed by atoms with E-state index in [0.29, 0.717) is 16.5 Å². The topological polar surface area (TPSA) is 113 Å². The van der Waals surface area contributed by atoms with Gasteiger partial charge in [0, 0.05) is 23.4 Å². The van der Waals surface area contributed by atoms with E-state index < -0.39 is 15.4 Å². The molecule has 8 heteroatoms. The lowest BCUT2D eigenvalue weighted by Gasteiger charge is -2.11. The van der Waals surface area contributed by atoms with Crippen LogP contribution in [0, 0.1) is 0 Å². The molecule has 0 amide bonds. The van der Waals surface area contributed by atoms with Crippen molar-refractivity contribution in [1.29, 1.82) is 0 Å². The van der Waals surface area contributed by atoms with E-state index in [2.05, 4.69) is 15.0 Å². The minimum Gasteiger partial charge on any atom is -0.508 e. The predicted octanol–water partition coefficient (Wildman–Crippen LogP) is 1.34. The first kappa shape index (κ1) is 14.5. The summed E-state index contributed by atoms with van der Waals surface area (Å²) in [6.45, 7) is 0. The highest BCUT2D eigenvalue weighted by atomic mass is 32.2. The van der Waals surface area contributed by atoms with Gasteiger partial charge in [0.2, 0.25) is 15.0 Å². The molecule has 2 N–H and O–H groups in total. The molecule has 0 aliphatic heterocycles. The lowest BCUT2D eigenvalue weighted by Crippen LogP contribution is -2.15. The highest BCUT2D eigenvalue weighted by molar-refractivity contribution is 7.90. The number of aliphatic hydroxyl groups is 1. The Morgan fingerprint density at radius 2 is 2.00 bits per heavy atom. The van der Waals surface area contributed by atoms with Crippen molar-refractivity contribution in [1.82, 2.24) is 15.0 Å².